The number of fused-ring (bicyclic) bond motifs is 1. The average Bonchev–Trinajstić information content (AvgIpc) is 3.17. The third-order valence-corrected chi connectivity index (χ3v) is 7.90. The summed E-state index contributed by atoms with van der Waals surface area (Å²) in [5, 5.41) is 2.68. The first-order chi connectivity index (χ1) is 24.7. The first-order valence-corrected chi connectivity index (χ1v) is 17.1. The van der Waals surface area contributed by atoms with Crippen molar-refractivity contribution in [3.8, 4) is 28.4 Å². The molecule has 0 N–H and O–H groups in total. The van der Waals surface area contributed by atoms with Crippen molar-refractivity contribution in [3.63, 3.8) is 0 Å². The van der Waals surface area contributed by atoms with Gasteiger partial charge in [-0.05, 0) is 91.9 Å². The van der Waals surface area contributed by atoms with Crippen molar-refractivity contribution in [2.24, 2.45) is 0 Å². The molecule has 0 heterocycles. The van der Waals surface area contributed by atoms with Crippen molar-refractivity contribution in [3.05, 3.63) is 198 Å². The topological polar surface area (TPSA) is 27.7 Å². The van der Waals surface area contributed by atoms with Crippen molar-refractivity contribution in [1.82, 2.24) is 0 Å². The number of hydrogen-bond donors (Lipinski definition) is 0. The Morgan fingerprint density at radius 2 is 0.804 bits per heavy atom. The van der Waals surface area contributed by atoms with Crippen LogP contribution in [0.1, 0.15) is 27.8 Å². The largest absolute Gasteiger partial charge is 0.497 e. The fourth-order valence-corrected chi connectivity index (χ4v) is 4.92. The lowest BCUT2D eigenvalue weighted by molar-refractivity contribution is 0.354. The van der Waals surface area contributed by atoms with Gasteiger partial charge in [-0.3, -0.25) is 0 Å². The highest BCUT2D eigenvalue weighted by Crippen LogP contribution is 2.27. The molecular weight excluding hydrogens is 625 g/mol. The molecule has 0 unspecified atom stereocenters. The Bertz CT molecular complexity index is 1960. The second kappa shape index (κ2) is 22.0. The fraction of sp³-hybridized carbons (Fsp3) is 0.167. The molecule has 0 amide bonds. The molecular formula is C48H52O3. The highest BCUT2D eigenvalue weighted by Gasteiger charge is 2.00. The summed E-state index contributed by atoms with van der Waals surface area (Å²) in [6, 6.07) is 57.9. The second-order valence-corrected chi connectivity index (χ2v) is 12.1. The minimum Gasteiger partial charge on any atom is -0.497 e. The summed E-state index contributed by atoms with van der Waals surface area (Å²) >= 11 is 0. The Labute approximate surface area is 306 Å². The van der Waals surface area contributed by atoms with Gasteiger partial charge in [0.1, 0.15) is 5.75 Å². The summed E-state index contributed by atoms with van der Waals surface area (Å²) in [5.41, 5.74) is 8.97. The van der Waals surface area contributed by atoms with E-state index in [1.807, 2.05) is 73.7 Å². The van der Waals surface area contributed by atoms with E-state index in [0.717, 1.165) is 17.2 Å². The molecule has 0 aromatic heterocycles. The van der Waals surface area contributed by atoms with Crippen LogP contribution in [0.15, 0.2) is 170 Å². The zero-order chi connectivity index (χ0) is 36.8. The van der Waals surface area contributed by atoms with E-state index >= 15 is 0 Å². The number of hydrogen-bond acceptors (Lipinski definition) is 3. The van der Waals surface area contributed by atoms with Crippen LogP contribution >= 0.6 is 0 Å². The van der Waals surface area contributed by atoms with Gasteiger partial charge in [-0.15, -0.1) is 0 Å². The van der Waals surface area contributed by atoms with Crippen molar-refractivity contribution in [1.29, 1.82) is 0 Å². The van der Waals surface area contributed by atoms with E-state index in [9.17, 15) is 0 Å². The second-order valence-electron chi connectivity index (χ2n) is 12.1. The smallest absolute Gasteiger partial charge is 0.160 e. The number of ether oxygens (including phenoxy) is 3. The highest BCUT2D eigenvalue weighted by atomic mass is 16.5. The Morgan fingerprint density at radius 1 is 0.333 bits per heavy atom. The van der Waals surface area contributed by atoms with Crippen LogP contribution in [0.3, 0.4) is 0 Å². The van der Waals surface area contributed by atoms with Gasteiger partial charge in [0.15, 0.2) is 11.5 Å². The average molecular weight is 677 g/mol. The molecule has 0 bridgehead atoms. The summed E-state index contributed by atoms with van der Waals surface area (Å²) in [5.74, 6) is 2.48. The van der Waals surface area contributed by atoms with Gasteiger partial charge in [0.05, 0.1) is 21.3 Å². The standard InChI is InChI=1S/C13H12.C11H10.C9H12O2.C8H10O.C7H8/c1-11-7-9-13(10-8-11)12-5-3-2-4-6-12;1-9-5-4-7-10-6-2-3-8-11(9)10;1-7-4-5-8(10-2)9(6-7)11-3;1-7-3-5-8(9-2)6-4-7;1-7-5-3-2-4-6-7/h2-10H,1H3;2-8H,1H3;4-6H,1-3H3;3-6H,1-2H3;2-6H,1H3. The maximum absolute atomic E-state index is 5.09. The predicted molar refractivity (Wildman–Crippen MR) is 218 cm³/mol. The minimum absolute atomic E-state index is 0.776. The fourth-order valence-electron chi connectivity index (χ4n) is 4.92. The zero-order valence-corrected chi connectivity index (χ0v) is 31.4. The third kappa shape index (κ3) is 14.3. The Kier molecular flexibility index (Phi) is 17.1. The van der Waals surface area contributed by atoms with Gasteiger partial charge in [-0.25, -0.2) is 0 Å². The summed E-state index contributed by atoms with van der Waals surface area (Å²) < 4.78 is 15.1. The van der Waals surface area contributed by atoms with E-state index in [-0.39, 0.29) is 0 Å². The molecule has 0 saturated heterocycles. The van der Waals surface area contributed by atoms with Gasteiger partial charge in [-0.2, -0.15) is 0 Å². The van der Waals surface area contributed by atoms with Crippen molar-refractivity contribution < 1.29 is 14.2 Å². The van der Waals surface area contributed by atoms with Crippen LogP contribution in [0, 0.1) is 34.6 Å². The molecule has 0 atom stereocenters. The van der Waals surface area contributed by atoms with Crippen molar-refractivity contribution >= 4 is 10.8 Å². The Morgan fingerprint density at radius 3 is 1.33 bits per heavy atom. The summed E-state index contributed by atoms with van der Waals surface area (Å²) in [6.07, 6.45) is 0. The van der Waals surface area contributed by atoms with Crippen molar-refractivity contribution in [2.45, 2.75) is 34.6 Å². The molecule has 0 aliphatic carbocycles. The van der Waals surface area contributed by atoms with E-state index in [1.165, 1.54) is 49.7 Å². The highest BCUT2D eigenvalue weighted by molar-refractivity contribution is 5.85. The van der Waals surface area contributed by atoms with E-state index in [0.29, 0.717) is 0 Å². The van der Waals surface area contributed by atoms with Gasteiger partial charge in [-0.1, -0.05) is 162 Å². The molecule has 262 valence electrons. The van der Waals surface area contributed by atoms with Crippen LogP contribution < -0.4 is 14.2 Å². The third-order valence-electron chi connectivity index (χ3n) is 7.90. The predicted octanol–water partition coefficient (Wildman–Crippen LogP) is 12.8. The number of aryl methyl sites for hydroxylation is 5. The zero-order valence-electron chi connectivity index (χ0n) is 31.4. The van der Waals surface area contributed by atoms with E-state index in [1.54, 1.807) is 21.3 Å². The van der Waals surface area contributed by atoms with Gasteiger partial charge < -0.3 is 14.2 Å². The molecule has 3 nitrogen and oxygen atoms in total. The van der Waals surface area contributed by atoms with E-state index < -0.39 is 0 Å². The molecule has 7 aromatic rings. The molecule has 0 saturated carbocycles. The van der Waals surface area contributed by atoms with Crippen LogP contribution in [0.5, 0.6) is 17.2 Å². The van der Waals surface area contributed by atoms with Gasteiger partial charge in [0.2, 0.25) is 0 Å². The monoisotopic (exact) mass is 676 g/mol. The lowest BCUT2D eigenvalue weighted by atomic mass is 10.0. The Hall–Kier alpha value is -5.80. The minimum atomic E-state index is 0.776. The quantitative estimate of drug-likeness (QED) is 0.186. The van der Waals surface area contributed by atoms with Crippen LogP contribution in [0.4, 0.5) is 0 Å². The molecule has 7 aromatic carbocycles. The van der Waals surface area contributed by atoms with Crippen LogP contribution in [0.2, 0.25) is 0 Å². The summed E-state index contributed by atoms with van der Waals surface area (Å²) in [7, 11) is 4.94. The first kappa shape index (κ1) is 39.6. The van der Waals surface area contributed by atoms with Crippen LogP contribution in [-0.4, -0.2) is 21.3 Å². The van der Waals surface area contributed by atoms with E-state index in [2.05, 4.69) is 131 Å². The lowest BCUT2D eigenvalue weighted by Gasteiger charge is -2.06. The van der Waals surface area contributed by atoms with Gasteiger partial charge in [0, 0.05) is 0 Å². The molecule has 0 radical (unpaired) electrons. The normalized spacial score (nSPS) is 9.57. The maximum atomic E-state index is 5.09. The number of methoxy groups -OCH3 is 3. The maximum Gasteiger partial charge on any atom is 0.160 e. The van der Waals surface area contributed by atoms with Gasteiger partial charge >= 0.3 is 0 Å². The summed E-state index contributed by atoms with van der Waals surface area (Å²) in [4.78, 5) is 0. The molecule has 0 aliphatic heterocycles. The molecule has 3 heteroatoms. The first-order valence-electron chi connectivity index (χ1n) is 17.1. The van der Waals surface area contributed by atoms with Crippen LogP contribution in [0.25, 0.3) is 21.9 Å². The molecule has 0 aliphatic rings. The molecule has 7 rings (SSSR count). The molecule has 51 heavy (non-hydrogen) atoms. The molecule has 0 fully saturated rings. The van der Waals surface area contributed by atoms with Crippen LogP contribution in [-0.2, 0) is 0 Å². The van der Waals surface area contributed by atoms with Gasteiger partial charge in [0.25, 0.3) is 0 Å². The summed E-state index contributed by atoms with van der Waals surface area (Å²) in [6.45, 7) is 10.4. The SMILES string of the molecule is COc1ccc(C)cc1.COc1ccc(C)cc1OC.Cc1ccc(-c2ccccc2)cc1.Cc1cccc2ccccc12.Cc1ccccc1. The molecule has 0 spiro atoms. The lowest BCUT2D eigenvalue weighted by Crippen LogP contribution is -1.90. The van der Waals surface area contributed by atoms with Crippen molar-refractivity contribution in [2.75, 3.05) is 21.3 Å². The number of benzene rings is 7. The Balaban J connectivity index is 0.000000174. The van der Waals surface area contributed by atoms with E-state index in [4.69, 9.17) is 14.2 Å². The number of rotatable bonds is 4.